The summed E-state index contributed by atoms with van der Waals surface area (Å²) in [5.74, 6) is -1.90. The van der Waals surface area contributed by atoms with E-state index in [1.807, 2.05) is 26.8 Å². The van der Waals surface area contributed by atoms with Crippen LogP contribution < -0.4 is 21.3 Å². The number of halogens is 7. The molecule has 12 rings (SSSR count). The first-order chi connectivity index (χ1) is 59.8. The Kier molecular flexibility index (Phi) is 33.8. The van der Waals surface area contributed by atoms with Crippen LogP contribution in [0.5, 0.6) is 0 Å². The Labute approximate surface area is 752 Å². The minimum Gasteiger partial charge on any atom is -0.363 e. The van der Waals surface area contributed by atoms with Crippen molar-refractivity contribution in [1.82, 2.24) is 39.5 Å². The SMILES string of the molecule is CN(C)C(=N)c1ccc(C(=O)Cc2ccccc2C(=O)Nc2ccc(Cl)cn2)c(F)c1.Cc1cc(Cl)c(CC(=O)c2ccc(C(=N)N(C)C)cc2)c(C(=O)Nc2ccc(Cl)cn2)c1.Cc1ccc(CC(=O)c2ccc(C(=N)N(C)C)cc2)c(C(=O)Nc2ccc(Cl)cn2)c1.Cc1ccc(CC(=O)c2ccc(C(=N)N(C)C)cc2F)c(C(=O)Nc2ccc(Cl)cn2)c1. The summed E-state index contributed by atoms with van der Waals surface area (Å²) in [6.07, 6.45) is 5.46. The largest absolute Gasteiger partial charge is 0.363 e. The molecule has 24 nitrogen and oxygen atoms in total. The second kappa shape index (κ2) is 44.4. The van der Waals surface area contributed by atoms with Crippen LogP contribution in [0.3, 0.4) is 0 Å². The predicted octanol–water partition coefficient (Wildman–Crippen LogP) is 19.1. The summed E-state index contributed by atoms with van der Waals surface area (Å²) in [6.45, 7) is 5.55. The van der Waals surface area contributed by atoms with Gasteiger partial charge in [0.2, 0.25) is 0 Å². The number of pyridine rings is 4. The first-order valence-corrected chi connectivity index (χ1v) is 40.4. The van der Waals surface area contributed by atoms with E-state index in [1.54, 1.807) is 240 Å². The van der Waals surface area contributed by atoms with E-state index in [2.05, 4.69) is 41.2 Å². The summed E-state index contributed by atoms with van der Waals surface area (Å²) >= 11 is 29.8. The number of nitrogens with one attached hydrogen (secondary N) is 8. The molecule has 12 aromatic rings. The lowest BCUT2D eigenvalue weighted by atomic mass is 9.96. The average molecular weight is 1800 g/mol. The molecule has 0 unspecified atom stereocenters. The molecule has 0 spiro atoms. The van der Waals surface area contributed by atoms with Crippen molar-refractivity contribution in [3.63, 3.8) is 0 Å². The van der Waals surface area contributed by atoms with E-state index < -0.39 is 40.9 Å². The van der Waals surface area contributed by atoms with Crippen LogP contribution in [0.4, 0.5) is 32.1 Å². The van der Waals surface area contributed by atoms with Crippen LogP contribution in [0.15, 0.2) is 231 Å². The summed E-state index contributed by atoms with van der Waals surface area (Å²) in [5.41, 5.74) is 8.89. The fourth-order valence-electron chi connectivity index (χ4n) is 12.2. The second-order valence-electron chi connectivity index (χ2n) is 29.4. The van der Waals surface area contributed by atoms with Gasteiger partial charge in [-0.25, -0.2) is 28.7 Å². The van der Waals surface area contributed by atoms with Crippen LogP contribution in [0.2, 0.25) is 25.1 Å². The van der Waals surface area contributed by atoms with E-state index in [0.717, 1.165) is 22.3 Å². The number of benzene rings is 8. The first kappa shape index (κ1) is 95.9. The molecule has 0 saturated heterocycles. The van der Waals surface area contributed by atoms with Crippen LogP contribution in [0.1, 0.15) is 144 Å². The molecular weight excluding hydrogens is 1710 g/mol. The Morgan fingerprint density at radius 3 is 0.937 bits per heavy atom. The molecule has 8 N–H and O–H groups in total. The van der Waals surface area contributed by atoms with Crippen molar-refractivity contribution in [3.05, 3.63) is 373 Å². The molecule has 4 aromatic heterocycles. The number of nitrogens with zero attached hydrogens (tertiary/aromatic N) is 8. The van der Waals surface area contributed by atoms with E-state index >= 15 is 0 Å². The quantitative estimate of drug-likeness (QED) is 0.0158. The molecule has 0 radical (unpaired) electrons. The standard InChI is InChI=1S/C24H22Cl2N4O2.C24H22ClFN4O2.C24H23ClN4O2.C23H20ClFN4O2/c1-14-10-19(24(32)29-22-9-8-17(25)13-28-22)18(20(26)11-14)12-21(31)15-4-6-16(7-5-15)23(27)30(2)3;1-14-4-5-15(19(10-14)24(32)29-22-9-7-17(25)13-28-22)12-21(31)18-8-6-16(11-20(18)26)23(27)30(2)3;1-15-4-5-18(20(12-15)24(31)28-22-11-10-19(25)14-27-22)13-21(30)16-6-8-17(9-7-16)23(26)29(2)3;1-29(2)22(26)15-7-9-18(19(25)11-15)20(30)12-14-5-3-4-6-17(14)23(31)28-21-10-8-16(24)13-27-21/h2*4-11,13,27H,12H2,1-3H3,(H,28,29,32);4-12,14,26H,13H2,1-3H3,(H,27,28,31);3-11,13,26H,12H2,1-2H3,(H,27,28,31). The number of amidine groups is 4. The Bertz CT molecular complexity index is 6120. The Hall–Kier alpha value is -13.9. The van der Waals surface area contributed by atoms with Crippen LogP contribution in [-0.4, -0.2) is 166 Å². The molecule has 4 amide bonds. The van der Waals surface area contributed by atoms with Crippen LogP contribution in [0, 0.1) is 54.0 Å². The van der Waals surface area contributed by atoms with Crippen LogP contribution in [0.25, 0.3) is 0 Å². The molecular formula is C95H87Cl5F2N16O8. The third kappa shape index (κ3) is 26.8. The van der Waals surface area contributed by atoms with E-state index in [-0.39, 0.29) is 66.0 Å². The Balaban J connectivity index is 0.000000190. The van der Waals surface area contributed by atoms with Crippen molar-refractivity contribution in [3.8, 4) is 0 Å². The molecule has 0 bridgehead atoms. The number of hydrogen-bond acceptors (Lipinski definition) is 16. The topological polar surface area (TPSA) is 345 Å². The maximum absolute atomic E-state index is 14.6. The highest BCUT2D eigenvalue weighted by atomic mass is 35.5. The van der Waals surface area contributed by atoms with Gasteiger partial charge in [0.15, 0.2) is 23.1 Å². The summed E-state index contributed by atoms with van der Waals surface area (Å²) in [6, 6.07) is 55.3. The number of ketones is 4. The van der Waals surface area contributed by atoms with E-state index in [0.29, 0.717) is 132 Å². The van der Waals surface area contributed by atoms with Gasteiger partial charge >= 0.3 is 0 Å². The van der Waals surface area contributed by atoms with Crippen molar-refractivity contribution in [1.29, 1.82) is 21.6 Å². The fraction of sp³-hybridized carbons (Fsp3) is 0.158. The molecule has 4 heterocycles. The smallest absolute Gasteiger partial charge is 0.257 e. The van der Waals surface area contributed by atoms with Gasteiger partial charge in [-0.1, -0.05) is 172 Å². The third-order valence-corrected chi connectivity index (χ3v) is 20.2. The minimum atomic E-state index is -0.707. The zero-order chi connectivity index (χ0) is 91.9. The molecule has 644 valence electrons. The molecule has 0 aliphatic heterocycles. The van der Waals surface area contributed by atoms with Gasteiger partial charge in [0.05, 0.1) is 31.2 Å². The van der Waals surface area contributed by atoms with Gasteiger partial charge < -0.3 is 40.9 Å². The van der Waals surface area contributed by atoms with Crippen molar-refractivity contribution in [2.45, 2.75) is 46.5 Å². The molecule has 0 saturated carbocycles. The normalized spacial score (nSPS) is 10.5. The van der Waals surface area contributed by atoms with E-state index in [9.17, 15) is 47.1 Å². The number of carbonyl (C=O) groups excluding carboxylic acids is 8. The van der Waals surface area contributed by atoms with Gasteiger partial charge in [0.25, 0.3) is 23.6 Å². The van der Waals surface area contributed by atoms with Crippen molar-refractivity contribution < 1.29 is 47.1 Å². The van der Waals surface area contributed by atoms with Gasteiger partial charge in [0, 0.05) is 168 Å². The Morgan fingerprint density at radius 2 is 0.595 bits per heavy atom. The molecule has 0 atom stereocenters. The lowest BCUT2D eigenvalue weighted by molar-refractivity contribution is 0.0976. The Morgan fingerprint density at radius 1 is 0.302 bits per heavy atom. The monoisotopic (exact) mass is 1790 g/mol. The molecule has 0 aliphatic rings. The first-order valence-electron chi connectivity index (χ1n) is 38.6. The lowest BCUT2D eigenvalue weighted by Gasteiger charge is -2.14. The number of aryl methyl sites for hydroxylation is 3. The summed E-state index contributed by atoms with van der Waals surface area (Å²) < 4.78 is 29.2. The van der Waals surface area contributed by atoms with E-state index in [4.69, 9.17) is 79.6 Å². The van der Waals surface area contributed by atoms with Crippen LogP contribution in [-0.2, 0) is 25.7 Å². The summed E-state index contributed by atoms with van der Waals surface area (Å²) in [5, 5.41) is 44.9. The predicted molar refractivity (Wildman–Crippen MR) is 494 cm³/mol. The highest BCUT2D eigenvalue weighted by Crippen LogP contribution is 2.29. The van der Waals surface area contributed by atoms with E-state index in [1.165, 1.54) is 61.2 Å². The number of hydrogen-bond donors (Lipinski definition) is 8. The molecule has 8 aromatic carbocycles. The van der Waals surface area contributed by atoms with Crippen LogP contribution >= 0.6 is 58.0 Å². The number of amides is 4. The second-order valence-corrected chi connectivity index (χ2v) is 31.6. The number of aromatic nitrogens is 4. The lowest BCUT2D eigenvalue weighted by Crippen LogP contribution is -2.22. The van der Waals surface area contributed by atoms with Crippen molar-refractivity contribution in [2.24, 2.45) is 0 Å². The average Bonchev–Trinajstić information content (AvgIpc) is 0.819. The molecule has 0 fully saturated rings. The van der Waals surface area contributed by atoms with Gasteiger partial charge in [-0.05, 0) is 152 Å². The number of carbonyl (C=O) groups is 8. The van der Waals surface area contributed by atoms with Gasteiger partial charge in [0.1, 0.15) is 58.2 Å². The number of Topliss-reactive ketones (excluding diaryl/α,β-unsaturated/α-hetero) is 4. The maximum Gasteiger partial charge on any atom is 0.257 e. The minimum absolute atomic E-state index is 0.0413. The summed E-state index contributed by atoms with van der Waals surface area (Å²) in [7, 11) is 13.9. The van der Waals surface area contributed by atoms with Gasteiger partial charge in [-0.3, -0.25) is 60.0 Å². The van der Waals surface area contributed by atoms with Gasteiger partial charge in [-0.2, -0.15) is 0 Å². The third-order valence-electron chi connectivity index (χ3n) is 19.0. The van der Waals surface area contributed by atoms with Crippen molar-refractivity contribution >= 4 is 151 Å². The molecule has 126 heavy (non-hydrogen) atoms. The fourth-order valence-corrected chi connectivity index (χ4v) is 13.0. The highest BCUT2D eigenvalue weighted by molar-refractivity contribution is 6.33. The maximum atomic E-state index is 14.6. The zero-order valence-electron chi connectivity index (χ0n) is 70.3. The van der Waals surface area contributed by atoms with Gasteiger partial charge in [-0.15, -0.1) is 0 Å². The number of anilines is 4. The van der Waals surface area contributed by atoms with Crippen molar-refractivity contribution in [2.75, 3.05) is 77.6 Å². The molecule has 0 aliphatic carbocycles. The molecule has 31 heteroatoms. The summed E-state index contributed by atoms with van der Waals surface area (Å²) in [4.78, 5) is 125. The highest BCUT2D eigenvalue weighted by Gasteiger charge is 2.25. The number of rotatable bonds is 24. The zero-order valence-corrected chi connectivity index (χ0v) is 74.0.